The summed E-state index contributed by atoms with van der Waals surface area (Å²) in [7, 11) is 0. The highest BCUT2D eigenvalue weighted by molar-refractivity contribution is 5.75. The zero-order valence-electron chi connectivity index (χ0n) is 7.94. The average Bonchev–Trinajstić information content (AvgIpc) is 2.70. The molecule has 1 N–H and O–H groups in total. The van der Waals surface area contributed by atoms with Gasteiger partial charge in [0.25, 0.3) is 0 Å². The zero-order chi connectivity index (χ0) is 11.9. The van der Waals surface area contributed by atoms with Crippen LogP contribution >= 0.6 is 0 Å². The van der Waals surface area contributed by atoms with Crippen molar-refractivity contribution in [1.82, 2.24) is 0 Å². The van der Waals surface area contributed by atoms with E-state index in [1.807, 2.05) is 0 Å². The van der Waals surface area contributed by atoms with Crippen LogP contribution in [0.1, 0.15) is 0 Å². The molecule has 0 bridgehead atoms. The van der Waals surface area contributed by atoms with Crippen LogP contribution in [0.25, 0.3) is 0 Å². The van der Waals surface area contributed by atoms with E-state index in [1.165, 1.54) is 0 Å². The normalized spacial score (nSPS) is 38.5. The molecule has 2 aliphatic rings. The molecule has 0 spiro atoms. The summed E-state index contributed by atoms with van der Waals surface area (Å²) in [5.41, 5.74) is 0. The largest absolute Gasteiger partial charge is 0.490 e. The molecule has 0 aliphatic carbocycles. The monoisotopic (exact) mass is 242 g/mol. The number of rotatable bonds is 1. The molecular weight excluding hydrogens is 233 g/mol. The Morgan fingerprint density at radius 3 is 2.50 bits per heavy atom. The van der Waals surface area contributed by atoms with Crippen molar-refractivity contribution in [3.63, 3.8) is 0 Å². The topological polar surface area (TPSA) is 65.0 Å². The van der Waals surface area contributed by atoms with Crippen LogP contribution in [0.5, 0.6) is 0 Å². The molecule has 0 saturated carbocycles. The van der Waals surface area contributed by atoms with Gasteiger partial charge in [0.15, 0.2) is 6.10 Å². The third-order valence-electron chi connectivity index (χ3n) is 2.47. The van der Waals surface area contributed by atoms with Gasteiger partial charge in [0.05, 0.1) is 13.2 Å². The van der Waals surface area contributed by atoms with Gasteiger partial charge in [-0.3, -0.25) is 0 Å². The van der Waals surface area contributed by atoms with Gasteiger partial charge in [-0.05, 0) is 0 Å². The first-order valence-electron chi connectivity index (χ1n) is 4.58. The van der Waals surface area contributed by atoms with Crippen LogP contribution in [-0.2, 0) is 19.0 Å². The Bertz CT molecular complexity index is 292. The van der Waals surface area contributed by atoms with Crippen LogP contribution in [0.15, 0.2) is 0 Å². The number of aliphatic hydroxyl groups excluding tert-OH is 1. The highest BCUT2D eigenvalue weighted by atomic mass is 19.4. The fraction of sp³-hybridized carbons (Fsp3) is 0.875. The van der Waals surface area contributed by atoms with Gasteiger partial charge in [-0.1, -0.05) is 0 Å². The third-order valence-corrected chi connectivity index (χ3v) is 2.47. The van der Waals surface area contributed by atoms with Crippen molar-refractivity contribution in [3.8, 4) is 0 Å². The van der Waals surface area contributed by atoms with E-state index in [0.29, 0.717) is 0 Å². The molecule has 0 aromatic heterocycles. The van der Waals surface area contributed by atoms with Crippen LogP contribution in [0, 0.1) is 0 Å². The molecule has 0 amide bonds. The molecule has 8 heteroatoms. The molecule has 4 atom stereocenters. The van der Waals surface area contributed by atoms with Gasteiger partial charge in [0, 0.05) is 0 Å². The van der Waals surface area contributed by atoms with E-state index in [2.05, 4.69) is 4.74 Å². The van der Waals surface area contributed by atoms with Crippen molar-refractivity contribution in [1.29, 1.82) is 0 Å². The third kappa shape index (κ3) is 2.00. The minimum Gasteiger partial charge on any atom is -0.450 e. The highest BCUT2D eigenvalue weighted by Crippen LogP contribution is 2.30. The summed E-state index contributed by atoms with van der Waals surface area (Å²) in [5, 5.41) is 9.30. The highest BCUT2D eigenvalue weighted by Gasteiger charge is 2.51. The van der Waals surface area contributed by atoms with E-state index >= 15 is 0 Å². The van der Waals surface area contributed by atoms with E-state index in [1.54, 1.807) is 0 Å². The first-order valence-corrected chi connectivity index (χ1v) is 4.58. The smallest absolute Gasteiger partial charge is 0.450 e. The number of halogens is 3. The Hall–Kier alpha value is -0.860. The van der Waals surface area contributed by atoms with Gasteiger partial charge in [-0.15, -0.1) is 0 Å². The van der Waals surface area contributed by atoms with Crippen LogP contribution in [0.2, 0.25) is 0 Å². The summed E-state index contributed by atoms with van der Waals surface area (Å²) in [6.45, 7) is -0.233. The lowest BCUT2D eigenvalue weighted by atomic mass is 10.1. The molecule has 2 rings (SSSR count). The predicted octanol–water partition coefficient (Wildman–Crippen LogP) is -0.381. The summed E-state index contributed by atoms with van der Waals surface area (Å²) in [6.07, 6.45) is -8.57. The molecule has 0 radical (unpaired) electrons. The summed E-state index contributed by atoms with van der Waals surface area (Å²) in [6, 6.07) is 0. The van der Waals surface area contributed by atoms with Crippen molar-refractivity contribution < 1.29 is 37.3 Å². The lowest BCUT2D eigenvalue weighted by Gasteiger charge is -2.17. The van der Waals surface area contributed by atoms with Gasteiger partial charge < -0.3 is 19.3 Å². The molecule has 0 aromatic carbocycles. The Balaban J connectivity index is 1.95. The van der Waals surface area contributed by atoms with Crippen molar-refractivity contribution in [2.45, 2.75) is 30.6 Å². The first-order chi connectivity index (χ1) is 7.39. The maximum absolute atomic E-state index is 11.9. The van der Waals surface area contributed by atoms with Crippen LogP contribution in [-0.4, -0.2) is 54.9 Å². The minimum atomic E-state index is -5.03. The molecule has 2 fully saturated rings. The average molecular weight is 242 g/mol. The van der Waals surface area contributed by atoms with E-state index in [9.17, 15) is 23.1 Å². The molecule has 92 valence electrons. The second-order valence-corrected chi connectivity index (χ2v) is 3.60. The van der Waals surface area contributed by atoms with E-state index in [4.69, 9.17) is 9.47 Å². The zero-order valence-corrected chi connectivity index (χ0v) is 7.94. The molecular formula is C8H9F3O5. The first kappa shape index (κ1) is 11.6. The summed E-state index contributed by atoms with van der Waals surface area (Å²) < 4.78 is 50.0. The minimum absolute atomic E-state index is 0.0323. The number of fused-ring (bicyclic) bond motifs is 1. The number of carbonyl (C=O) groups excluding carboxylic acids is 1. The molecule has 2 saturated heterocycles. The maximum Gasteiger partial charge on any atom is 0.490 e. The van der Waals surface area contributed by atoms with Gasteiger partial charge in [-0.2, -0.15) is 13.2 Å². The van der Waals surface area contributed by atoms with Gasteiger partial charge in [0.2, 0.25) is 0 Å². The number of hydrogen-bond donors (Lipinski definition) is 1. The molecule has 0 aromatic rings. The van der Waals surface area contributed by atoms with Crippen molar-refractivity contribution in [3.05, 3.63) is 0 Å². The maximum atomic E-state index is 11.9. The van der Waals surface area contributed by atoms with E-state index in [0.717, 1.165) is 0 Å². The fourth-order valence-corrected chi connectivity index (χ4v) is 1.75. The Kier molecular flexibility index (Phi) is 2.81. The van der Waals surface area contributed by atoms with Crippen LogP contribution < -0.4 is 0 Å². The number of ether oxygens (including phenoxy) is 3. The SMILES string of the molecule is O=C(OC1CO[C@@H]2C(O)CO[C@H]12)C(F)(F)F. The molecule has 16 heavy (non-hydrogen) atoms. The van der Waals surface area contributed by atoms with E-state index in [-0.39, 0.29) is 13.2 Å². The second-order valence-electron chi connectivity index (χ2n) is 3.60. The van der Waals surface area contributed by atoms with Crippen LogP contribution in [0.3, 0.4) is 0 Å². The Morgan fingerprint density at radius 2 is 1.88 bits per heavy atom. The number of hydrogen-bond acceptors (Lipinski definition) is 5. The number of aliphatic hydroxyl groups is 1. The fourth-order valence-electron chi connectivity index (χ4n) is 1.75. The molecule has 2 aliphatic heterocycles. The number of esters is 1. The number of alkyl halides is 3. The Labute approximate surface area is 88.1 Å². The quantitative estimate of drug-likeness (QED) is 0.635. The summed E-state index contributed by atoms with van der Waals surface area (Å²) >= 11 is 0. The van der Waals surface area contributed by atoms with Crippen molar-refractivity contribution in [2.24, 2.45) is 0 Å². The second kappa shape index (κ2) is 3.86. The number of carbonyl (C=O) groups is 1. The van der Waals surface area contributed by atoms with Crippen molar-refractivity contribution in [2.75, 3.05) is 13.2 Å². The van der Waals surface area contributed by atoms with Gasteiger partial charge in [0.1, 0.15) is 18.3 Å². The summed E-state index contributed by atoms with van der Waals surface area (Å²) in [5.74, 6) is -2.27. The van der Waals surface area contributed by atoms with Gasteiger partial charge >= 0.3 is 12.1 Å². The lowest BCUT2D eigenvalue weighted by molar-refractivity contribution is -0.208. The molecule has 2 unspecified atom stereocenters. The van der Waals surface area contributed by atoms with E-state index < -0.39 is 36.6 Å². The standard InChI is InChI=1S/C8H9F3O5/c9-8(10,11)7(13)16-4-2-15-5-3(12)1-14-6(4)5/h3-6,12H,1-2H2/t3?,4?,5-,6-/m1/s1. The molecule has 2 heterocycles. The molecule has 5 nitrogen and oxygen atoms in total. The predicted molar refractivity (Wildman–Crippen MR) is 41.4 cm³/mol. The summed E-state index contributed by atoms with van der Waals surface area (Å²) in [4.78, 5) is 10.6. The van der Waals surface area contributed by atoms with Gasteiger partial charge in [-0.25, -0.2) is 4.79 Å². The Morgan fingerprint density at radius 1 is 1.25 bits per heavy atom. The lowest BCUT2D eigenvalue weighted by Crippen LogP contribution is -2.37. The van der Waals surface area contributed by atoms with Crippen molar-refractivity contribution >= 4 is 5.97 Å². The van der Waals surface area contributed by atoms with Crippen LogP contribution in [0.4, 0.5) is 13.2 Å².